The van der Waals surface area contributed by atoms with Gasteiger partial charge in [0.2, 0.25) is 11.7 Å². The van der Waals surface area contributed by atoms with Crippen LogP contribution in [0.2, 0.25) is 0 Å². The van der Waals surface area contributed by atoms with Gasteiger partial charge >= 0.3 is 6.03 Å². The number of halogens is 1. The van der Waals surface area contributed by atoms with E-state index in [1.807, 2.05) is 16.8 Å². The van der Waals surface area contributed by atoms with Gasteiger partial charge in [-0.1, -0.05) is 23.4 Å². The summed E-state index contributed by atoms with van der Waals surface area (Å²) in [5.41, 5.74) is -0.595. The molecule has 1 aliphatic heterocycles. The number of nitrogens with one attached hydrogen (secondary N) is 1. The molecule has 1 atom stereocenters. The van der Waals surface area contributed by atoms with E-state index in [-0.39, 0.29) is 18.0 Å². The van der Waals surface area contributed by atoms with E-state index in [1.165, 1.54) is 36.5 Å². The maximum atomic E-state index is 14.1. The summed E-state index contributed by atoms with van der Waals surface area (Å²) in [6.45, 7) is 1.28. The number of benzene rings is 1. The summed E-state index contributed by atoms with van der Waals surface area (Å²) in [7, 11) is 0. The van der Waals surface area contributed by atoms with Crippen molar-refractivity contribution in [2.24, 2.45) is 0 Å². The highest BCUT2D eigenvalue weighted by Crippen LogP contribution is 2.31. The quantitative estimate of drug-likeness (QED) is 0.712. The maximum absolute atomic E-state index is 14.1. The molecule has 1 fully saturated rings. The van der Waals surface area contributed by atoms with Crippen LogP contribution in [0.1, 0.15) is 18.4 Å². The second kappa shape index (κ2) is 6.03. The number of carbonyl (C=O) groups excluding carboxylic acids is 2. The Hall–Kier alpha value is -3.07. The lowest BCUT2D eigenvalue weighted by Gasteiger charge is -2.22. The Morgan fingerprint density at radius 2 is 2.12 bits per heavy atom. The number of aromatic nitrogens is 2. The lowest BCUT2D eigenvalue weighted by atomic mass is 9.91. The molecule has 4 rings (SSSR count). The van der Waals surface area contributed by atoms with E-state index in [0.29, 0.717) is 5.82 Å². The number of amides is 3. The molecule has 3 heterocycles. The first-order valence-electron chi connectivity index (χ1n) is 7.73. The van der Waals surface area contributed by atoms with E-state index in [0.717, 1.165) is 10.5 Å². The molecular formula is C17H13FN4O3S. The molecular weight excluding hydrogens is 359 g/mol. The molecule has 9 heteroatoms. The van der Waals surface area contributed by atoms with Gasteiger partial charge < -0.3 is 9.84 Å². The van der Waals surface area contributed by atoms with Crippen molar-refractivity contribution < 1.29 is 18.5 Å². The first-order chi connectivity index (χ1) is 12.5. The zero-order valence-electron chi connectivity index (χ0n) is 13.6. The molecule has 0 radical (unpaired) electrons. The third-order valence-electron chi connectivity index (χ3n) is 4.23. The zero-order chi connectivity index (χ0) is 18.3. The average molecular weight is 372 g/mol. The number of rotatable bonds is 4. The minimum atomic E-state index is -1.49. The summed E-state index contributed by atoms with van der Waals surface area (Å²) >= 11 is 1.49. The monoisotopic (exact) mass is 372 g/mol. The normalized spacial score (nSPS) is 19.8. The molecule has 26 heavy (non-hydrogen) atoms. The molecule has 0 bridgehead atoms. The Bertz CT molecular complexity index is 988. The smallest absolute Gasteiger partial charge is 0.325 e. The Balaban J connectivity index is 1.60. The topological polar surface area (TPSA) is 88.3 Å². The molecule has 1 saturated heterocycles. The SMILES string of the molecule is CC1(c2ccccc2F)NC(=O)N(Cc2nc(-c3ccsc3)no2)C1=O. The molecule has 0 aliphatic carbocycles. The second-order valence-electron chi connectivity index (χ2n) is 5.95. The molecule has 1 N–H and O–H groups in total. The fourth-order valence-electron chi connectivity index (χ4n) is 2.85. The Kier molecular flexibility index (Phi) is 3.80. The fraction of sp³-hybridized carbons (Fsp3) is 0.176. The van der Waals surface area contributed by atoms with E-state index >= 15 is 0 Å². The first kappa shape index (κ1) is 16.4. The van der Waals surface area contributed by atoms with Gasteiger partial charge in [-0.3, -0.25) is 9.69 Å². The number of carbonyl (C=O) groups is 2. The summed E-state index contributed by atoms with van der Waals surface area (Å²) in [4.78, 5) is 30.3. The van der Waals surface area contributed by atoms with Crippen molar-refractivity contribution in [2.75, 3.05) is 0 Å². The highest BCUT2D eigenvalue weighted by Gasteiger charge is 2.50. The minimum absolute atomic E-state index is 0.102. The van der Waals surface area contributed by atoms with Crippen LogP contribution in [-0.4, -0.2) is 27.0 Å². The van der Waals surface area contributed by atoms with Gasteiger partial charge in [0.1, 0.15) is 17.9 Å². The molecule has 0 spiro atoms. The number of nitrogens with zero attached hydrogens (tertiary/aromatic N) is 3. The number of thiophene rings is 1. The summed E-state index contributed by atoms with van der Waals surface area (Å²) in [6.07, 6.45) is 0. The number of hydrogen-bond donors (Lipinski definition) is 1. The molecule has 7 nitrogen and oxygen atoms in total. The molecule has 1 aromatic carbocycles. The highest BCUT2D eigenvalue weighted by atomic mass is 32.1. The third-order valence-corrected chi connectivity index (χ3v) is 4.91. The molecule has 3 amide bonds. The van der Waals surface area contributed by atoms with Crippen molar-refractivity contribution >= 4 is 23.3 Å². The van der Waals surface area contributed by atoms with Crippen LogP contribution in [0.4, 0.5) is 9.18 Å². The molecule has 0 saturated carbocycles. The first-order valence-corrected chi connectivity index (χ1v) is 8.67. The van der Waals surface area contributed by atoms with Gasteiger partial charge in [-0.05, 0) is 24.4 Å². The summed E-state index contributed by atoms with van der Waals surface area (Å²) < 4.78 is 19.3. The van der Waals surface area contributed by atoms with E-state index in [1.54, 1.807) is 6.07 Å². The van der Waals surface area contributed by atoms with Crippen molar-refractivity contribution in [1.29, 1.82) is 0 Å². The molecule has 1 unspecified atom stereocenters. The van der Waals surface area contributed by atoms with Gasteiger partial charge in [0.15, 0.2) is 0 Å². The Labute approximate surface area is 151 Å². The standard InChI is InChI=1S/C17H13FN4O3S/c1-17(11-4-2-3-5-12(11)18)15(23)22(16(24)20-17)8-13-19-14(21-25-13)10-6-7-26-9-10/h2-7,9H,8H2,1H3,(H,20,24). The van der Waals surface area contributed by atoms with E-state index in [9.17, 15) is 14.0 Å². The molecule has 3 aromatic rings. The Morgan fingerprint density at radius 1 is 1.31 bits per heavy atom. The van der Waals surface area contributed by atoms with Crippen LogP contribution < -0.4 is 5.32 Å². The van der Waals surface area contributed by atoms with E-state index in [4.69, 9.17) is 4.52 Å². The van der Waals surface area contributed by atoms with Crippen LogP contribution in [0, 0.1) is 5.82 Å². The Morgan fingerprint density at radius 3 is 2.85 bits per heavy atom. The van der Waals surface area contributed by atoms with Crippen molar-refractivity contribution in [3.05, 3.63) is 58.4 Å². The lowest BCUT2D eigenvalue weighted by molar-refractivity contribution is -0.131. The second-order valence-corrected chi connectivity index (χ2v) is 6.73. The van der Waals surface area contributed by atoms with Crippen LogP contribution in [0.25, 0.3) is 11.4 Å². The minimum Gasteiger partial charge on any atom is -0.337 e. The molecule has 1 aliphatic rings. The van der Waals surface area contributed by atoms with Crippen LogP contribution in [0.15, 0.2) is 45.6 Å². The van der Waals surface area contributed by atoms with Crippen molar-refractivity contribution in [3.63, 3.8) is 0 Å². The van der Waals surface area contributed by atoms with Gasteiger partial charge in [-0.25, -0.2) is 9.18 Å². The van der Waals surface area contributed by atoms with Gasteiger partial charge in [0.05, 0.1) is 0 Å². The summed E-state index contributed by atoms with van der Waals surface area (Å²) in [5, 5.41) is 10.1. The summed E-state index contributed by atoms with van der Waals surface area (Å²) in [6, 6.07) is 7.03. The van der Waals surface area contributed by atoms with Gasteiger partial charge in [-0.2, -0.15) is 16.3 Å². The van der Waals surface area contributed by atoms with Crippen LogP contribution in [0.3, 0.4) is 0 Å². The summed E-state index contributed by atoms with van der Waals surface area (Å²) in [5.74, 6) is -0.649. The molecule has 2 aromatic heterocycles. The van der Waals surface area contributed by atoms with E-state index < -0.39 is 23.3 Å². The third kappa shape index (κ3) is 2.57. The zero-order valence-corrected chi connectivity index (χ0v) is 14.4. The molecule has 132 valence electrons. The maximum Gasteiger partial charge on any atom is 0.325 e. The predicted octanol–water partition coefficient (Wildman–Crippen LogP) is 2.90. The van der Waals surface area contributed by atoms with Crippen molar-refractivity contribution in [2.45, 2.75) is 19.0 Å². The number of imide groups is 1. The largest absolute Gasteiger partial charge is 0.337 e. The number of hydrogen-bond acceptors (Lipinski definition) is 6. The van der Waals surface area contributed by atoms with Crippen molar-refractivity contribution in [1.82, 2.24) is 20.4 Å². The highest BCUT2D eigenvalue weighted by molar-refractivity contribution is 7.08. The van der Waals surface area contributed by atoms with Crippen molar-refractivity contribution in [3.8, 4) is 11.4 Å². The van der Waals surface area contributed by atoms with Gasteiger partial charge in [0.25, 0.3) is 5.91 Å². The lowest BCUT2D eigenvalue weighted by Crippen LogP contribution is -2.41. The predicted molar refractivity (Wildman–Crippen MR) is 90.4 cm³/mol. The number of urea groups is 1. The van der Waals surface area contributed by atoms with Gasteiger partial charge in [-0.15, -0.1) is 0 Å². The fourth-order valence-corrected chi connectivity index (χ4v) is 3.49. The van der Waals surface area contributed by atoms with Crippen LogP contribution in [-0.2, 0) is 16.9 Å². The van der Waals surface area contributed by atoms with E-state index in [2.05, 4.69) is 15.5 Å². The van der Waals surface area contributed by atoms with Crippen LogP contribution in [0.5, 0.6) is 0 Å². The average Bonchev–Trinajstić information content (AvgIpc) is 3.33. The van der Waals surface area contributed by atoms with Gasteiger partial charge in [0, 0.05) is 16.5 Å². The van der Waals surface area contributed by atoms with Crippen LogP contribution >= 0.6 is 11.3 Å².